The van der Waals surface area contributed by atoms with Crippen LogP contribution in [0.1, 0.15) is 71.2 Å². The van der Waals surface area contributed by atoms with E-state index in [-0.39, 0.29) is 91.9 Å². The van der Waals surface area contributed by atoms with E-state index in [1.54, 1.807) is 76.5 Å². The Balaban J connectivity index is 0.617. The molecule has 0 radical (unpaired) electrons. The van der Waals surface area contributed by atoms with Crippen molar-refractivity contribution in [1.29, 1.82) is 0 Å². The molecule has 8 amide bonds. The molecule has 0 saturated heterocycles. The second-order valence-electron chi connectivity index (χ2n) is 21.7. The minimum atomic E-state index is -0.630. The molecule has 0 atom stereocenters. The summed E-state index contributed by atoms with van der Waals surface area (Å²) in [5.41, 5.74) is 2.59. The summed E-state index contributed by atoms with van der Waals surface area (Å²) in [6.07, 6.45) is 8.39. The van der Waals surface area contributed by atoms with Crippen molar-refractivity contribution >= 4 is 76.1 Å². The van der Waals surface area contributed by atoms with Crippen molar-refractivity contribution in [2.45, 2.75) is 19.4 Å². The molecule has 5 heterocycles. The van der Waals surface area contributed by atoms with Crippen LogP contribution in [0.2, 0.25) is 0 Å². The molecule has 0 bridgehead atoms. The third-order valence-electron chi connectivity index (χ3n) is 13.9. The van der Waals surface area contributed by atoms with E-state index in [0.717, 1.165) is 5.56 Å². The second-order valence-corrected chi connectivity index (χ2v) is 21.7. The van der Waals surface area contributed by atoms with Gasteiger partial charge in [0.25, 0.3) is 29.5 Å². The number of benzene rings is 2. The number of anilines is 5. The van der Waals surface area contributed by atoms with E-state index in [1.807, 2.05) is 30.3 Å². The van der Waals surface area contributed by atoms with Crippen molar-refractivity contribution in [2.75, 3.05) is 159 Å². The van der Waals surface area contributed by atoms with Crippen LogP contribution in [-0.4, -0.2) is 217 Å². The van der Waals surface area contributed by atoms with Crippen LogP contribution in [0, 0.1) is 0 Å². The number of nitrogens with one attached hydrogen (secondary N) is 8. The van der Waals surface area contributed by atoms with E-state index in [4.69, 9.17) is 47.4 Å². The van der Waals surface area contributed by atoms with Gasteiger partial charge in [-0.25, -0.2) is 19.7 Å². The molecule has 0 fully saturated rings. The standard InChI is InChI=1S/C65H86N16O18/c1-77-21-19-66-57(77)63(87)70-48-39-51(78(2)41-48)60(84)67-18-16-56(83)74-54-44-81(5)59(76-54)64(88)71-49-40-52(79(3)42-49)61(85)68-17-15-55(82)73-53-43-80(4)58(75-53)62(86)69-20-22-90-23-24-91-25-26-92-27-28-93-29-30-94-31-32-95-33-34-96-35-36-97-37-38-98-50-13-11-47(12-14-50)72-65(89)99-45-46-9-7-6-8-10-46/h6-14,19,21,39-44H,15-18,20,22-38,45H2,1-5H3,(H,67,84)(H,68,85)(H,69,86)(H,70,87)(H,71,88)(H,72,89)(H,73,82)(H,74,83). The van der Waals surface area contributed by atoms with Gasteiger partial charge >= 0.3 is 6.09 Å². The molecule has 7 aromatic rings. The summed E-state index contributed by atoms with van der Waals surface area (Å²) in [7, 11) is 8.10. The highest BCUT2D eigenvalue weighted by molar-refractivity contribution is 6.05. The van der Waals surface area contributed by atoms with Gasteiger partial charge < -0.3 is 107 Å². The van der Waals surface area contributed by atoms with Crippen LogP contribution in [0.25, 0.3) is 0 Å². The minimum absolute atomic E-state index is 0.0232. The van der Waals surface area contributed by atoms with Gasteiger partial charge in [-0.3, -0.25) is 38.9 Å². The Morgan fingerprint density at radius 3 is 1.27 bits per heavy atom. The largest absolute Gasteiger partial charge is 0.491 e. The molecule has 2 aromatic carbocycles. The number of hydrogen-bond donors (Lipinski definition) is 8. The lowest BCUT2D eigenvalue weighted by Crippen LogP contribution is -2.30. The number of aryl methyl sites for hydroxylation is 5. The van der Waals surface area contributed by atoms with Gasteiger partial charge in [-0.1, -0.05) is 30.3 Å². The molecule has 34 nitrogen and oxygen atoms in total. The number of imidazole rings is 3. The minimum Gasteiger partial charge on any atom is -0.491 e. The Kier molecular flexibility index (Phi) is 32.0. The fourth-order valence-electron chi connectivity index (χ4n) is 9.01. The molecule has 5 aromatic heterocycles. The molecule has 0 aliphatic rings. The number of nitrogens with zero attached hydrogens (tertiary/aromatic N) is 8. The third-order valence-corrected chi connectivity index (χ3v) is 13.9. The lowest BCUT2D eigenvalue weighted by molar-refractivity contribution is -0.116. The molecule has 0 aliphatic carbocycles. The zero-order valence-electron chi connectivity index (χ0n) is 56.0. The molecular formula is C65H86N16O18. The van der Waals surface area contributed by atoms with Crippen LogP contribution >= 0.6 is 0 Å². The monoisotopic (exact) mass is 1380 g/mol. The number of hydrogen-bond acceptors (Lipinski definition) is 21. The Morgan fingerprint density at radius 1 is 0.394 bits per heavy atom. The molecule has 534 valence electrons. The van der Waals surface area contributed by atoms with Crippen LogP contribution in [0.4, 0.5) is 33.5 Å². The van der Waals surface area contributed by atoms with E-state index >= 15 is 0 Å². The molecule has 7 rings (SSSR count). The molecule has 99 heavy (non-hydrogen) atoms. The van der Waals surface area contributed by atoms with Crippen molar-refractivity contribution in [2.24, 2.45) is 35.2 Å². The van der Waals surface area contributed by atoms with Gasteiger partial charge in [-0.15, -0.1) is 0 Å². The fraction of sp³-hybridized carbons (Fsp3) is 0.431. The van der Waals surface area contributed by atoms with E-state index < -0.39 is 47.4 Å². The van der Waals surface area contributed by atoms with Crippen LogP contribution in [0.3, 0.4) is 0 Å². The first-order chi connectivity index (χ1) is 48.0. The first-order valence-corrected chi connectivity index (χ1v) is 31.8. The zero-order valence-corrected chi connectivity index (χ0v) is 56.0. The van der Waals surface area contributed by atoms with E-state index in [9.17, 15) is 38.4 Å². The van der Waals surface area contributed by atoms with E-state index in [1.165, 1.54) is 55.2 Å². The van der Waals surface area contributed by atoms with Crippen LogP contribution in [0.15, 0.2) is 104 Å². The number of aromatic nitrogens is 8. The van der Waals surface area contributed by atoms with Gasteiger partial charge in [0.1, 0.15) is 30.4 Å². The molecule has 0 aliphatic heterocycles. The van der Waals surface area contributed by atoms with Crippen molar-refractivity contribution in [1.82, 2.24) is 53.7 Å². The zero-order chi connectivity index (χ0) is 70.6. The summed E-state index contributed by atoms with van der Waals surface area (Å²) in [5.74, 6) is -2.39. The Morgan fingerprint density at radius 2 is 0.818 bits per heavy atom. The van der Waals surface area contributed by atoms with E-state index in [0.29, 0.717) is 123 Å². The van der Waals surface area contributed by atoms with Crippen LogP contribution in [0.5, 0.6) is 5.75 Å². The highest BCUT2D eigenvalue weighted by atomic mass is 16.6. The summed E-state index contributed by atoms with van der Waals surface area (Å²) < 4.78 is 62.7. The predicted molar refractivity (Wildman–Crippen MR) is 359 cm³/mol. The molecule has 34 heteroatoms. The summed E-state index contributed by atoms with van der Waals surface area (Å²) in [6.45, 7) is 6.93. The third kappa shape index (κ3) is 27.2. The topological polar surface area (TPSA) is 388 Å². The molecular weight excluding hydrogens is 1290 g/mol. The summed E-state index contributed by atoms with van der Waals surface area (Å²) >= 11 is 0. The highest BCUT2D eigenvalue weighted by Gasteiger charge is 2.21. The predicted octanol–water partition coefficient (Wildman–Crippen LogP) is 3.28. The smallest absolute Gasteiger partial charge is 0.411 e. The van der Waals surface area contributed by atoms with E-state index in [2.05, 4.69) is 57.5 Å². The highest BCUT2D eigenvalue weighted by Crippen LogP contribution is 2.19. The molecule has 0 saturated carbocycles. The second kappa shape index (κ2) is 41.7. The number of carbonyl (C=O) groups is 8. The summed E-state index contributed by atoms with van der Waals surface area (Å²) in [4.78, 5) is 115. The van der Waals surface area contributed by atoms with Gasteiger partial charge in [0.05, 0.1) is 117 Å². The lowest BCUT2D eigenvalue weighted by Gasteiger charge is -2.10. The average Bonchev–Trinajstić information content (AvgIpc) is 1.71. The fourth-order valence-corrected chi connectivity index (χ4v) is 9.01. The maximum atomic E-state index is 13.3. The van der Waals surface area contributed by atoms with Crippen molar-refractivity contribution in [3.8, 4) is 5.75 Å². The Hall–Kier alpha value is -10.3. The molecule has 8 N–H and O–H groups in total. The Bertz CT molecular complexity index is 3700. The SMILES string of the molecule is Cn1cc(NC(=O)c2nc(NC(=O)CCNC(=O)c3cc(NC(=O)c4nccn4C)cn3C)cn2C)cc1C(=O)NCCC(=O)Nc1cn(C)c(C(=O)NCCOCCOCCOCCOCCOCCOCCOCCOCCOc2ccc(NC(=O)OCc3ccccc3)cc2)n1. The number of ether oxygens (including phenoxy) is 10. The number of carbonyl (C=O) groups excluding carboxylic acids is 8. The maximum absolute atomic E-state index is 13.3. The maximum Gasteiger partial charge on any atom is 0.411 e. The van der Waals surface area contributed by atoms with Gasteiger partial charge in [-0.2, -0.15) is 0 Å². The molecule has 0 unspecified atom stereocenters. The van der Waals surface area contributed by atoms with Crippen molar-refractivity contribution in [3.05, 3.63) is 138 Å². The van der Waals surface area contributed by atoms with Gasteiger partial charge in [0, 0.05) is 111 Å². The van der Waals surface area contributed by atoms with Gasteiger partial charge in [0.15, 0.2) is 17.5 Å². The number of amides is 8. The lowest BCUT2D eigenvalue weighted by atomic mass is 10.2. The summed E-state index contributed by atoms with van der Waals surface area (Å²) in [5, 5.41) is 21.4. The van der Waals surface area contributed by atoms with Crippen molar-refractivity contribution < 1.29 is 85.7 Å². The number of rotatable bonds is 46. The van der Waals surface area contributed by atoms with Crippen LogP contribution < -0.4 is 47.3 Å². The van der Waals surface area contributed by atoms with Gasteiger partial charge in [-0.05, 0) is 42.0 Å². The molecule has 0 spiro atoms. The first kappa shape index (κ1) is 76.0. The van der Waals surface area contributed by atoms with Crippen molar-refractivity contribution in [3.63, 3.8) is 0 Å². The van der Waals surface area contributed by atoms with Gasteiger partial charge in [0.2, 0.25) is 23.5 Å². The average molecular weight is 1380 g/mol. The summed E-state index contributed by atoms with van der Waals surface area (Å²) in [6, 6.07) is 19.4. The normalized spacial score (nSPS) is 11.0. The Labute approximate surface area is 570 Å². The first-order valence-electron chi connectivity index (χ1n) is 31.8. The van der Waals surface area contributed by atoms with Crippen LogP contribution in [-0.2, 0) is 94.1 Å². The quantitative estimate of drug-likeness (QED) is 0.0254.